The fraction of sp³-hybridized carbons (Fsp3) is 0.286. The van der Waals surface area contributed by atoms with Crippen molar-refractivity contribution in [2.45, 2.75) is 51.5 Å². The summed E-state index contributed by atoms with van der Waals surface area (Å²) in [6, 6.07) is 12.3. The van der Waals surface area contributed by atoms with Crippen LogP contribution in [0.4, 0.5) is 5.69 Å². The molecule has 2 heterocycles. The van der Waals surface area contributed by atoms with E-state index in [2.05, 4.69) is 17.2 Å². The number of benzene rings is 2. The smallest absolute Gasteiger partial charge is 0.278 e. The van der Waals surface area contributed by atoms with Crippen molar-refractivity contribution < 1.29 is 19.2 Å². The zero-order valence-electron chi connectivity index (χ0n) is 20.1. The maximum absolute atomic E-state index is 12.9. The van der Waals surface area contributed by atoms with E-state index in [-0.39, 0.29) is 11.5 Å². The van der Waals surface area contributed by atoms with Gasteiger partial charge in [-0.1, -0.05) is 42.4 Å². The quantitative estimate of drug-likeness (QED) is 0.497. The molecule has 7 nitrogen and oxygen atoms in total. The van der Waals surface area contributed by atoms with Gasteiger partial charge in [0, 0.05) is 35.3 Å². The topological polar surface area (TPSA) is 95.6 Å². The van der Waals surface area contributed by atoms with Gasteiger partial charge in [0.25, 0.3) is 11.8 Å². The van der Waals surface area contributed by atoms with Crippen LogP contribution in [0.15, 0.2) is 66.5 Å². The SMILES string of the molecule is C=C1CCC(N2C(=O)C=C(Nc3cccc(CCC(=O)CCc4ccc(Cl)c(C)c4)c3)C2=O)C(=O)N1. The van der Waals surface area contributed by atoms with Crippen molar-refractivity contribution in [3.63, 3.8) is 0 Å². The number of nitrogens with zero attached hydrogens (tertiary/aromatic N) is 1. The van der Waals surface area contributed by atoms with Crippen LogP contribution in [0.2, 0.25) is 5.02 Å². The number of nitrogens with one attached hydrogen (secondary N) is 2. The first kappa shape index (κ1) is 25.4. The van der Waals surface area contributed by atoms with Gasteiger partial charge in [-0.25, -0.2) is 0 Å². The normalized spacial score (nSPS) is 17.8. The summed E-state index contributed by atoms with van der Waals surface area (Å²) in [6.07, 6.45) is 4.19. The Hall–Kier alpha value is -3.71. The van der Waals surface area contributed by atoms with E-state index in [9.17, 15) is 19.2 Å². The molecule has 8 heteroatoms. The number of allylic oxidation sites excluding steroid dienone is 1. The summed E-state index contributed by atoms with van der Waals surface area (Å²) in [5.74, 6) is -1.29. The minimum Gasteiger partial charge on any atom is -0.351 e. The molecule has 4 rings (SSSR count). The Labute approximate surface area is 215 Å². The lowest BCUT2D eigenvalue weighted by atomic mass is 10.0. The number of piperidine rings is 1. The Bertz CT molecular complexity index is 1280. The lowest BCUT2D eigenvalue weighted by molar-refractivity contribution is -0.146. The predicted octanol–water partition coefficient (Wildman–Crippen LogP) is 4.24. The molecule has 2 aromatic rings. The second-order valence-corrected chi connectivity index (χ2v) is 9.57. The van der Waals surface area contributed by atoms with Crippen LogP contribution in [0, 0.1) is 6.92 Å². The molecule has 186 valence electrons. The first-order valence-electron chi connectivity index (χ1n) is 11.9. The van der Waals surface area contributed by atoms with Crippen LogP contribution in [-0.4, -0.2) is 34.4 Å². The maximum atomic E-state index is 12.9. The largest absolute Gasteiger partial charge is 0.351 e. The molecular weight excluding hydrogens is 478 g/mol. The number of carbonyl (C=O) groups is 4. The minimum atomic E-state index is -0.847. The van der Waals surface area contributed by atoms with Crippen LogP contribution in [0.3, 0.4) is 0 Å². The van der Waals surface area contributed by atoms with Gasteiger partial charge in [-0.15, -0.1) is 0 Å². The molecule has 1 atom stereocenters. The Morgan fingerprint density at radius 1 is 1.11 bits per heavy atom. The molecule has 1 saturated heterocycles. The second kappa shape index (κ2) is 10.9. The molecule has 0 bridgehead atoms. The zero-order valence-corrected chi connectivity index (χ0v) is 20.9. The highest BCUT2D eigenvalue weighted by Crippen LogP contribution is 2.25. The average Bonchev–Trinajstić information content (AvgIpc) is 3.11. The van der Waals surface area contributed by atoms with Crippen molar-refractivity contribution in [1.82, 2.24) is 10.2 Å². The first-order valence-corrected chi connectivity index (χ1v) is 12.3. The average molecular weight is 506 g/mol. The molecule has 0 spiro atoms. The van der Waals surface area contributed by atoms with E-state index in [0.717, 1.165) is 26.6 Å². The molecule has 2 aromatic carbocycles. The van der Waals surface area contributed by atoms with Gasteiger partial charge in [-0.05, 0) is 67.5 Å². The molecule has 36 heavy (non-hydrogen) atoms. The van der Waals surface area contributed by atoms with Gasteiger partial charge in [0.05, 0.1) is 0 Å². The van der Waals surface area contributed by atoms with E-state index in [0.29, 0.717) is 49.9 Å². The third-order valence-electron chi connectivity index (χ3n) is 6.40. The maximum Gasteiger partial charge on any atom is 0.278 e. The predicted molar refractivity (Wildman–Crippen MR) is 138 cm³/mol. The number of imide groups is 1. The lowest BCUT2D eigenvalue weighted by Gasteiger charge is -2.29. The lowest BCUT2D eigenvalue weighted by Crippen LogP contribution is -2.52. The molecule has 1 fully saturated rings. The van der Waals surface area contributed by atoms with E-state index in [1.165, 1.54) is 6.08 Å². The van der Waals surface area contributed by atoms with E-state index in [4.69, 9.17) is 11.6 Å². The highest BCUT2D eigenvalue weighted by atomic mass is 35.5. The van der Waals surface area contributed by atoms with E-state index >= 15 is 0 Å². The molecule has 0 aliphatic carbocycles. The molecule has 0 saturated carbocycles. The summed E-state index contributed by atoms with van der Waals surface area (Å²) in [5.41, 5.74) is 4.35. The molecule has 2 aliphatic heterocycles. The number of hydrogen-bond donors (Lipinski definition) is 2. The van der Waals surface area contributed by atoms with Crippen molar-refractivity contribution >= 4 is 40.8 Å². The molecule has 2 N–H and O–H groups in total. The minimum absolute atomic E-state index is 0.115. The number of halogens is 1. The van der Waals surface area contributed by atoms with Crippen LogP contribution in [0.25, 0.3) is 0 Å². The Balaban J connectivity index is 1.31. The summed E-state index contributed by atoms with van der Waals surface area (Å²) < 4.78 is 0. The molecule has 3 amide bonds. The number of ketones is 1. The Morgan fingerprint density at radius 2 is 1.83 bits per heavy atom. The van der Waals surface area contributed by atoms with Crippen molar-refractivity contribution in [1.29, 1.82) is 0 Å². The monoisotopic (exact) mass is 505 g/mol. The summed E-state index contributed by atoms with van der Waals surface area (Å²) in [5, 5.41) is 6.33. The van der Waals surface area contributed by atoms with Crippen LogP contribution in [0.5, 0.6) is 0 Å². The van der Waals surface area contributed by atoms with E-state index < -0.39 is 23.8 Å². The first-order chi connectivity index (χ1) is 17.2. The molecule has 2 aliphatic rings. The number of Topliss-reactive ketones (excluding diaryl/α,β-unsaturated/α-hetero) is 1. The van der Waals surface area contributed by atoms with Gasteiger partial charge in [0.2, 0.25) is 5.91 Å². The van der Waals surface area contributed by atoms with Crippen molar-refractivity contribution in [2.75, 3.05) is 5.32 Å². The number of anilines is 1. The number of rotatable bonds is 9. The Kier molecular flexibility index (Phi) is 7.70. The summed E-state index contributed by atoms with van der Waals surface area (Å²) >= 11 is 6.06. The fourth-order valence-electron chi connectivity index (χ4n) is 4.39. The van der Waals surface area contributed by atoms with Gasteiger partial charge in [0.1, 0.15) is 17.5 Å². The number of hydrogen-bond acceptors (Lipinski definition) is 5. The fourth-order valence-corrected chi connectivity index (χ4v) is 4.51. The second-order valence-electron chi connectivity index (χ2n) is 9.17. The van der Waals surface area contributed by atoms with Gasteiger partial charge >= 0.3 is 0 Å². The molecule has 1 unspecified atom stereocenters. The summed E-state index contributed by atoms with van der Waals surface area (Å²) in [4.78, 5) is 51.1. The van der Waals surface area contributed by atoms with E-state index in [1.807, 2.05) is 43.3 Å². The van der Waals surface area contributed by atoms with Crippen molar-refractivity contribution in [3.8, 4) is 0 Å². The third kappa shape index (κ3) is 5.91. The summed E-state index contributed by atoms with van der Waals surface area (Å²) in [6.45, 7) is 5.67. The standard InChI is InChI=1S/C28H28ClN3O4/c1-17-14-20(9-12-23(17)29)8-11-22(33)10-7-19-4-3-5-21(15-19)31-24-16-26(34)32(28(24)36)25-13-6-18(2)30-27(25)35/h3-5,9,12,14-16,25,31H,2,6-8,10-11,13H2,1H3,(H,30,35). The van der Waals surface area contributed by atoms with E-state index in [1.54, 1.807) is 6.07 Å². The van der Waals surface area contributed by atoms with Crippen molar-refractivity contribution in [2.24, 2.45) is 0 Å². The number of aryl methyl sites for hydroxylation is 3. The molecule has 0 aromatic heterocycles. The van der Waals surface area contributed by atoms with Gasteiger partial charge in [-0.2, -0.15) is 0 Å². The van der Waals surface area contributed by atoms with Crippen LogP contribution in [0.1, 0.15) is 42.4 Å². The van der Waals surface area contributed by atoms with Gasteiger partial charge in [-0.3, -0.25) is 24.1 Å². The molecular formula is C28H28ClN3O4. The highest BCUT2D eigenvalue weighted by molar-refractivity contribution is 6.31. The number of carbonyl (C=O) groups excluding carboxylic acids is 4. The van der Waals surface area contributed by atoms with Gasteiger partial charge in [0.15, 0.2) is 0 Å². The van der Waals surface area contributed by atoms with Crippen molar-refractivity contribution in [3.05, 3.63) is 88.2 Å². The highest BCUT2D eigenvalue weighted by Gasteiger charge is 2.41. The van der Waals surface area contributed by atoms with Crippen LogP contribution >= 0.6 is 11.6 Å². The number of amides is 3. The Morgan fingerprint density at radius 3 is 2.53 bits per heavy atom. The zero-order chi connectivity index (χ0) is 25.8. The van der Waals surface area contributed by atoms with Gasteiger partial charge < -0.3 is 10.6 Å². The third-order valence-corrected chi connectivity index (χ3v) is 6.83. The van der Waals surface area contributed by atoms with Crippen LogP contribution < -0.4 is 10.6 Å². The summed E-state index contributed by atoms with van der Waals surface area (Å²) in [7, 11) is 0. The molecule has 0 radical (unpaired) electrons. The van der Waals surface area contributed by atoms with Crippen LogP contribution in [-0.2, 0) is 32.0 Å².